The summed E-state index contributed by atoms with van der Waals surface area (Å²) in [7, 11) is 1.52. The van der Waals surface area contributed by atoms with E-state index in [9.17, 15) is 9.59 Å². The Balaban J connectivity index is 1.81. The van der Waals surface area contributed by atoms with E-state index in [2.05, 4.69) is 5.32 Å². The molecule has 0 spiro atoms. The zero-order chi connectivity index (χ0) is 18.7. The van der Waals surface area contributed by atoms with Crippen molar-refractivity contribution >= 4 is 29.2 Å². The summed E-state index contributed by atoms with van der Waals surface area (Å²) in [6.45, 7) is 1.91. The molecule has 6 nitrogen and oxygen atoms in total. The van der Waals surface area contributed by atoms with Crippen molar-refractivity contribution in [2.24, 2.45) is 0 Å². The molecular weight excluding hydrogens is 358 g/mol. The second-order valence-corrected chi connectivity index (χ2v) is 5.94. The third kappa shape index (κ3) is 3.65. The number of methoxy groups -OCH3 is 1. The van der Waals surface area contributed by atoms with Crippen LogP contribution in [0.1, 0.15) is 15.9 Å². The highest BCUT2D eigenvalue weighted by Crippen LogP contribution is 2.32. The average molecular weight is 374 g/mol. The summed E-state index contributed by atoms with van der Waals surface area (Å²) in [5.74, 6) is -0.869. The first-order valence-corrected chi connectivity index (χ1v) is 8.15. The van der Waals surface area contributed by atoms with E-state index in [1.54, 1.807) is 48.5 Å². The van der Waals surface area contributed by atoms with Crippen LogP contribution in [0.2, 0.25) is 0 Å². The van der Waals surface area contributed by atoms with Crippen LogP contribution in [0.25, 0.3) is 0 Å². The van der Waals surface area contributed by atoms with Gasteiger partial charge in [0.1, 0.15) is 11.4 Å². The molecule has 0 unspecified atom stereocenters. The monoisotopic (exact) mass is 373 g/mol. The molecule has 2 aromatic rings. The number of carbonyl (C=O) groups is 2. The molecule has 0 bridgehead atoms. The van der Waals surface area contributed by atoms with Crippen LogP contribution >= 0.6 is 11.6 Å². The molecule has 0 aromatic heterocycles. The maximum Gasteiger partial charge on any atom is 0.355 e. The smallest absolute Gasteiger partial charge is 0.355 e. The van der Waals surface area contributed by atoms with Gasteiger partial charge in [0.2, 0.25) is 0 Å². The summed E-state index contributed by atoms with van der Waals surface area (Å²) in [6, 6.07) is 13.9. The number of hydrogen-bond acceptors (Lipinski definition) is 6. The Hall–Kier alpha value is -2.99. The van der Waals surface area contributed by atoms with E-state index in [-0.39, 0.29) is 10.7 Å². The zero-order valence-corrected chi connectivity index (χ0v) is 14.9. The Labute approximate surface area is 155 Å². The van der Waals surface area contributed by atoms with Gasteiger partial charge < -0.3 is 19.5 Å². The molecule has 3 rings (SSSR count). The first kappa shape index (κ1) is 17.8. The number of aryl methyl sites for hydroxylation is 1. The maximum absolute atomic E-state index is 12.3. The van der Waals surface area contributed by atoms with Gasteiger partial charge in [0.25, 0.3) is 6.29 Å². The first-order valence-electron chi connectivity index (χ1n) is 7.78. The first-order chi connectivity index (χ1) is 12.5. The predicted octanol–water partition coefficient (Wildman–Crippen LogP) is 3.61. The maximum atomic E-state index is 12.3. The number of nitrogens with one attached hydrogen (secondary N) is 1. The van der Waals surface area contributed by atoms with E-state index in [1.165, 1.54) is 7.11 Å². The number of para-hydroxylation sites is 2. The molecule has 1 N–H and O–H groups in total. The second-order valence-electron chi connectivity index (χ2n) is 5.56. The number of rotatable bonds is 5. The molecule has 7 heteroatoms. The standard InChI is InChI=1S/C19H16ClNO5/c1-11-7-9-12(10-8-11)17(22)25-19-16(15(20)18(23)26-19)21-13-5-3-4-6-14(13)24-2/h3-10,19,21H,1-2H3/t19-/m0/s1. The van der Waals surface area contributed by atoms with Crippen molar-refractivity contribution in [3.05, 3.63) is 70.4 Å². The minimum absolute atomic E-state index is 0.140. The van der Waals surface area contributed by atoms with Gasteiger partial charge in [-0.2, -0.15) is 0 Å². The Morgan fingerprint density at radius 1 is 1.15 bits per heavy atom. The van der Waals surface area contributed by atoms with Gasteiger partial charge in [-0.05, 0) is 31.2 Å². The summed E-state index contributed by atoms with van der Waals surface area (Å²) in [4.78, 5) is 24.1. The van der Waals surface area contributed by atoms with Gasteiger partial charge in [-0.1, -0.05) is 41.4 Å². The average Bonchev–Trinajstić information content (AvgIpc) is 2.90. The lowest BCUT2D eigenvalue weighted by atomic mass is 10.1. The van der Waals surface area contributed by atoms with Crippen LogP contribution in [0, 0.1) is 6.92 Å². The quantitative estimate of drug-likeness (QED) is 0.807. The summed E-state index contributed by atoms with van der Waals surface area (Å²) >= 11 is 6.03. The number of cyclic esters (lactones) is 1. The second kappa shape index (κ2) is 7.49. The van der Waals surface area contributed by atoms with E-state index in [0.29, 0.717) is 17.0 Å². The molecule has 0 amide bonds. The molecule has 0 radical (unpaired) electrons. The largest absolute Gasteiger partial charge is 0.495 e. The molecule has 0 fully saturated rings. The van der Waals surface area contributed by atoms with E-state index < -0.39 is 18.2 Å². The summed E-state index contributed by atoms with van der Waals surface area (Å²) in [5, 5.41) is 2.77. The Bertz CT molecular complexity index is 876. The minimum Gasteiger partial charge on any atom is -0.495 e. The highest BCUT2D eigenvalue weighted by Gasteiger charge is 2.37. The normalized spacial score (nSPS) is 16.3. The third-order valence-electron chi connectivity index (χ3n) is 3.74. The van der Waals surface area contributed by atoms with Gasteiger partial charge in [0.05, 0.1) is 18.4 Å². The lowest BCUT2D eigenvalue weighted by Crippen LogP contribution is -2.24. The van der Waals surface area contributed by atoms with Crippen molar-refractivity contribution < 1.29 is 23.8 Å². The van der Waals surface area contributed by atoms with Crippen molar-refractivity contribution in [3.8, 4) is 5.75 Å². The molecule has 0 aliphatic carbocycles. The van der Waals surface area contributed by atoms with Gasteiger partial charge in [-0.25, -0.2) is 9.59 Å². The lowest BCUT2D eigenvalue weighted by Gasteiger charge is -2.17. The van der Waals surface area contributed by atoms with E-state index >= 15 is 0 Å². The molecule has 0 saturated heterocycles. The molecular formula is C19H16ClNO5. The summed E-state index contributed by atoms with van der Waals surface area (Å²) in [6.07, 6.45) is -1.27. The molecule has 26 heavy (non-hydrogen) atoms. The number of benzene rings is 2. The number of ether oxygens (including phenoxy) is 3. The fraction of sp³-hybridized carbons (Fsp3) is 0.158. The van der Waals surface area contributed by atoms with Gasteiger partial charge in [0.15, 0.2) is 5.03 Å². The molecule has 1 aliphatic heterocycles. The van der Waals surface area contributed by atoms with Crippen LogP contribution < -0.4 is 10.1 Å². The van der Waals surface area contributed by atoms with E-state index in [0.717, 1.165) is 5.56 Å². The number of halogens is 1. The number of hydrogen-bond donors (Lipinski definition) is 1. The molecule has 1 aliphatic rings. The van der Waals surface area contributed by atoms with Crippen LogP contribution in [0.3, 0.4) is 0 Å². The van der Waals surface area contributed by atoms with Crippen LogP contribution in [0.4, 0.5) is 5.69 Å². The van der Waals surface area contributed by atoms with Gasteiger partial charge in [-0.15, -0.1) is 0 Å². The number of carbonyl (C=O) groups excluding carboxylic acids is 2. The van der Waals surface area contributed by atoms with E-state index in [1.807, 2.05) is 6.92 Å². The molecule has 0 saturated carbocycles. The zero-order valence-electron chi connectivity index (χ0n) is 14.1. The number of anilines is 1. The van der Waals surface area contributed by atoms with E-state index in [4.69, 9.17) is 25.8 Å². The Kier molecular flexibility index (Phi) is 5.14. The van der Waals surface area contributed by atoms with Crippen molar-refractivity contribution in [1.29, 1.82) is 0 Å². The molecule has 1 heterocycles. The highest BCUT2D eigenvalue weighted by atomic mass is 35.5. The van der Waals surface area contributed by atoms with Gasteiger partial charge in [0, 0.05) is 0 Å². The lowest BCUT2D eigenvalue weighted by molar-refractivity contribution is -0.152. The summed E-state index contributed by atoms with van der Waals surface area (Å²) < 4.78 is 15.6. The minimum atomic E-state index is -1.27. The Morgan fingerprint density at radius 2 is 1.85 bits per heavy atom. The van der Waals surface area contributed by atoms with Crippen LogP contribution in [0.5, 0.6) is 5.75 Å². The molecule has 134 valence electrons. The van der Waals surface area contributed by atoms with Crippen molar-refractivity contribution in [2.75, 3.05) is 12.4 Å². The Morgan fingerprint density at radius 3 is 2.54 bits per heavy atom. The topological polar surface area (TPSA) is 73.9 Å². The molecule has 1 atom stereocenters. The fourth-order valence-corrected chi connectivity index (χ4v) is 2.55. The van der Waals surface area contributed by atoms with Crippen LogP contribution in [0.15, 0.2) is 59.3 Å². The highest BCUT2D eigenvalue weighted by molar-refractivity contribution is 6.42. The van der Waals surface area contributed by atoms with Gasteiger partial charge >= 0.3 is 11.9 Å². The van der Waals surface area contributed by atoms with Crippen LogP contribution in [-0.4, -0.2) is 25.3 Å². The van der Waals surface area contributed by atoms with Crippen molar-refractivity contribution in [3.63, 3.8) is 0 Å². The SMILES string of the molecule is COc1ccccc1NC1=C(Cl)C(=O)O[C@@H]1OC(=O)c1ccc(C)cc1. The fourth-order valence-electron chi connectivity index (χ4n) is 2.37. The molecule has 2 aromatic carbocycles. The number of esters is 2. The predicted molar refractivity (Wildman–Crippen MR) is 96.0 cm³/mol. The summed E-state index contributed by atoms with van der Waals surface area (Å²) in [5.41, 5.74) is 2.04. The third-order valence-corrected chi connectivity index (χ3v) is 4.10. The van der Waals surface area contributed by atoms with Crippen molar-refractivity contribution in [1.82, 2.24) is 0 Å². The van der Waals surface area contributed by atoms with Crippen molar-refractivity contribution in [2.45, 2.75) is 13.2 Å². The van der Waals surface area contributed by atoms with Gasteiger partial charge in [-0.3, -0.25) is 0 Å². The van der Waals surface area contributed by atoms with Crippen LogP contribution in [-0.2, 0) is 14.3 Å².